The molecule has 1 N–H and O–H groups in total. The van der Waals surface area contributed by atoms with Gasteiger partial charge in [0.25, 0.3) is 10.0 Å². The number of methoxy groups -OCH3 is 2. The van der Waals surface area contributed by atoms with Gasteiger partial charge in [0.2, 0.25) is 10.0 Å². The van der Waals surface area contributed by atoms with Gasteiger partial charge in [-0.05, 0) is 37.5 Å². The van der Waals surface area contributed by atoms with Crippen molar-refractivity contribution < 1.29 is 26.3 Å². The highest BCUT2D eigenvalue weighted by Gasteiger charge is 2.36. The van der Waals surface area contributed by atoms with Gasteiger partial charge in [0.05, 0.1) is 31.9 Å². The summed E-state index contributed by atoms with van der Waals surface area (Å²) in [6, 6.07) is 9.68. The number of benzene rings is 2. The fourth-order valence-corrected chi connectivity index (χ4v) is 5.93. The van der Waals surface area contributed by atoms with Gasteiger partial charge < -0.3 is 9.47 Å². The molecule has 2 aromatic rings. The Bertz CT molecular complexity index is 1130. The number of nitrogens with one attached hydrogen (secondary N) is 1. The maximum absolute atomic E-state index is 13.7. The van der Waals surface area contributed by atoms with Crippen LogP contribution in [-0.4, -0.2) is 43.4 Å². The molecule has 1 unspecified atom stereocenters. The summed E-state index contributed by atoms with van der Waals surface area (Å²) in [6.07, 6.45) is 2.43. The number of anilines is 2. The summed E-state index contributed by atoms with van der Waals surface area (Å²) < 4.78 is 65.1. The highest BCUT2D eigenvalue weighted by Crippen LogP contribution is 2.41. The minimum atomic E-state index is -4.05. The van der Waals surface area contributed by atoms with Crippen molar-refractivity contribution in [1.29, 1.82) is 0 Å². The van der Waals surface area contributed by atoms with Crippen LogP contribution in [0.5, 0.6) is 11.5 Å². The van der Waals surface area contributed by atoms with E-state index in [-0.39, 0.29) is 28.1 Å². The minimum Gasteiger partial charge on any atom is -0.495 e. The molecule has 0 fully saturated rings. The fraction of sp³-hybridized carbons (Fsp3) is 0.368. The largest absolute Gasteiger partial charge is 0.495 e. The number of fused-ring (bicyclic) bond motifs is 1. The lowest BCUT2D eigenvalue weighted by molar-refractivity contribution is 0.387. The van der Waals surface area contributed by atoms with E-state index in [4.69, 9.17) is 9.47 Å². The average molecular weight is 441 g/mol. The minimum absolute atomic E-state index is 0.0207. The zero-order valence-corrected chi connectivity index (χ0v) is 18.3. The second-order valence-electron chi connectivity index (χ2n) is 6.89. The van der Waals surface area contributed by atoms with Crippen molar-refractivity contribution in [3.8, 4) is 11.5 Å². The van der Waals surface area contributed by atoms with Crippen molar-refractivity contribution >= 4 is 31.4 Å². The Labute approximate surface area is 171 Å². The van der Waals surface area contributed by atoms with E-state index >= 15 is 0 Å². The van der Waals surface area contributed by atoms with Crippen molar-refractivity contribution in [2.45, 2.75) is 30.7 Å². The lowest BCUT2D eigenvalue weighted by atomic mass is 9.99. The average Bonchev–Trinajstić information content (AvgIpc) is 2.66. The molecule has 0 saturated heterocycles. The third kappa shape index (κ3) is 4.13. The molecule has 10 heteroatoms. The Morgan fingerprint density at radius 2 is 1.69 bits per heavy atom. The van der Waals surface area contributed by atoms with Crippen LogP contribution in [0.15, 0.2) is 41.3 Å². The maximum atomic E-state index is 13.7. The van der Waals surface area contributed by atoms with E-state index in [0.717, 1.165) is 18.2 Å². The fourth-order valence-electron chi connectivity index (χ4n) is 3.48. The maximum Gasteiger partial charge on any atom is 0.268 e. The molecule has 8 nitrogen and oxygen atoms in total. The molecule has 1 aliphatic heterocycles. The van der Waals surface area contributed by atoms with Gasteiger partial charge in [0, 0.05) is 12.1 Å². The standard InChI is InChI=1S/C19H24N2O6S2/c1-13-9-10-14-7-5-6-8-16(14)21(13)29(24,25)19-11-15(20-28(4,22)23)17(26-2)12-18(19)27-3/h5-8,11-13,20H,9-10H2,1-4H3. The third-order valence-electron chi connectivity index (χ3n) is 4.78. The summed E-state index contributed by atoms with van der Waals surface area (Å²) in [5.41, 5.74) is 1.57. The van der Waals surface area contributed by atoms with Crippen LogP contribution in [0.4, 0.5) is 11.4 Å². The molecule has 0 aromatic heterocycles. The van der Waals surface area contributed by atoms with Crippen LogP contribution < -0.4 is 18.5 Å². The van der Waals surface area contributed by atoms with E-state index in [0.29, 0.717) is 12.1 Å². The molecule has 0 aliphatic carbocycles. The van der Waals surface area contributed by atoms with Crippen LogP contribution in [0.2, 0.25) is 0 Å². The number of hydrogen-bond acceptors (Lipinski definition) is 6. The van der Waals surface area contributed by atoms with E-state index in [1.807, 2.05) is 19.1 Å². The number of sulfonamides is 2. The summed E-state index contributed by atoms with van der Waals surface area (Å²) >= 11 is 0. The van der Waals surface area contributed by atoms with Gasteiger partial charge in [0.1, 0.15) is 16.4 Å². The first-order valence-electron chi connectivity index (χ1n) is 8.94. The SMILES string of the molecule is COc1cc(OC)c(S(=O)(=O)N2c3ccccc3CCC2C)cc1NS(C)(=O)=O. The van der Waals surface area contributed by atoms with Gasteiger partial charge in [-0.25, -0.2) is 16.8 Å². The lowest BCUT2D eigenvalue weighted by Gasteiger charge is -2.36. The molecule has 0 amide bonds. The molecular weight excluding hydrogens is 416 g/mol. The van der Waals surface area contributed by atoms with Crippen LogP contribution in [0, 0.1) is 0 Å². The zero-order chi connectivity index (χ0) is 21.4. The first-order chi connectivity index (χ1) is 13.6. The van der Waals surface area contributed by atoms with E-state index in [2.05, 4.69) is 4.72 Å². The molecule has 2 aromatic carbocycles. The first kappa shape index (κ1) is 21.3. The van der Waals surface area contributed by atoms with Gasteiger partial charge in [0.15, 0.2) is 0 Å². The van der Waals surface area contributed by atoms with Gasteiger partial charge >= 0.3 is 0 Å². The summed E-state index contributed by atoms with van der Waals surface area (Å²) in [5, 5.41) is 0. The van der Waals surface area contributed by atoms with E-state index in [9.17, 15) is 16.8 Å². The zero-order valence-electron chi connectivity index (χ0n) is 16.7. The van der Waals surface area contributed by atoms with E-state index in [1.165, 1.54) is 30.7 Å². The highest BCUT2D eigenvalue weighted by atomic mass is 32.2. The molecule has 0 bridgehead atoms. The second-order valence-corrected chi connectivity index (χ2v) is 10.4. The Hall–Kier alpha value is -2.46. The van der Waals surface area contributed by atoms with Crippen molar-refractivity contribution in [2.75, 3.05) is 29.5 Å². The van der Waals surface area contributed by atoms with Crippen molar-refractivity contribution in [3.63, 3.8) is 0 Å². The number of aryl methyl sites for hydroxylation is 1. The normalized spacial score (nSPS) is 16.8. The predicted molar refractivity (Wildman–Crippen MR) is 112 cm³/mol. The van der Waals surface area contributed by atoms with Crippen LogP contribution in [0.1, 0.15) is 18.9 Å². The lowest BCUT2D eigenvalue weighted by Crippen LogP contribution is -2.42. The molecule has 29 heavy (non-hydrogen) atoms. The molecule has 1 aliphatic rings. The van der Waals surface area contributed by atoms with Gasteiger partial charge in [-0.1, -0.05) is 18.2 Å². The van der Waals surface area contributed by atoms with Crippen LogP contribution in [0.25, 0.3) is 0 Å². The Balaban J connectivity index is 2.22. The van der Waals surface area contributed by atoms with Crippen molar-refractivity contribution in [3.05, 3.63) is 42.0 Å². The number of nitrogens with zero attached hydrogens (tertiary/aromatic N) is 1. The van der Waals surface area contributed by atoms with Crippen LogP contribution in [0.3, 0.4) is 0 Å². The summed E-state index contributed by atoms with van der Waals surface area (Å²) in [5.74, 6) is 0.217. The van der Waals surface area contributed by atoms with Crippen LogP contribution in [-0.2, 0) is 26.5 Å². The summed E-state index contributed by atoms with van der Waals surface area (Å²) in [6.45, 7) is 1.85. The molecule has 1 atom stereocenters. The molecule has 0 radical (unpaired) electrons. The highest BCUT2D eigenvalue weighted by molar-refractivity contribution is 7.93. The molecule has 0 spiro atoms. The summed E-state index contributed by atoms with van der Waals surface area (Å²) in [7, 11) is -4.99. The molecule has 158 valence electrons. The van der Waals surface area contributed by atoms with Gasteiger partial charge in [-0.2, -0.15) is 0 Å². The smallest absolute Gasteiger partial charge is 0.268 e. The Morgan fingerprint density at radius 1 is 1.03 bits per heavy atom. The first-order valence-corrected chi connectivity index (χ1v) is 12.3. The van der Waals surface area contributed by atoms with Gasteiger partial charge in [-0.15, -0.1) is 0 Å². The molecule has 3 rings (SSSR count). The second kappa shape index (κ2) is 7.75. The Kier molecular flexibility index (Phi) is 5.68. The Morgan fingerprint density at radius 3 is 2.31 bits per heavy atom. The number of para-hydroxylation sites is 1. The quantitative estimate of drug-likeness (QED) is 0.741. The predicted octanol–water partition coefficient (Wildman–Crippen LogP) is 2.61. The van der Waals surface area contributed by atoms with Gasteiger partial charge in [-0.3, -0.25) is 9.03 Å². The van der Waals surface area contributed by atoms with E-state index < -0.39 is 20.0 Å². The van der Waals surface area contributed by atoms with Crippen LogP contribution >= 0.6 is 0 Å². The topological polar surface area (TPSA) is 102 Å². The monoisotopic (exact) mass is 440 g/mol. The van der Waals surface area contributed by atoms with Crippen molar-refractivity contribution in [2.24, 2.45) is 0 Å². The molecule has 1 heterocycles. The molecule has 0 saturated carbocycles. The summed E-state index contributed by atoms with van der Waals surface area (Å²) in [4.78, 5) is -0.143. The number of ether oxygens (including phenoxy) is 2. The number of hydrogen-bond donors (Lipinski definition) is 1. The third-order valence-corrected chi connectivity index (χ3v) is 7.32. The van der Waals surface area contributed by atoms with Crippen molar-refractivity contribution in [1.82, 2.24) is 0 Å². The van der Waals surface area contributed by atoms with E-state index in [1.54, 1.807) is 12.1 Å². The number of rotatable bonds is 6. The molecular formula is C19H24N2O6S2.